The van der Waals surface area contributed by atoms with E-state index in [1.807, 2.05) is 40.9 Å². The normalized spacial score (nSPS) is 14.1. The first kappa shape index (κ1) is 23.6. The molecule has 1 fully saturated rings. The molecule has 1 aliphatic carbocycles. The molecule has 0 radical (unpaired) electrons. The van der Waals surface area contributed by atoms with Gasteiger partial charge in [-0.2, -0.15) is 5.10 Å². The van der Waals surface area contributed by atoms with Crippen molar-refractivity contribution < 1.29 is 14.6 Å². The van der Waals surface area contributed by atoms with Crippen LogP contribution < -0.4 is 10.5 Å². The molecular weight excluding hydrogens is 452 g/mol. The molecule has 0 amide bonds. The second-order valence-electron chi connectivity index (χ2n) is 9.26. The summed E-state index contributed by atoms with van der Waals surface area (Å²) in [4.78, 5) is 15.7. The van der Waals surface area contributed by atoms with Crippen LogP contribution >= 0.6 is 0 Å². The zero-order valence-corrected chi connectivity index (χ0v) is 20.4. The highest BCUT2D eigenvalue weighted by Crippen LogP contribution is 2.44. The molecule has 0 saturated heterocycles. The molecule has 2 aromatic heterocycles. The highest BCUT2D eigenvalue weighted by atomic mass is 16.5. The predicted octanol–water partition coefficient (Wildman–Crippen LogP) is 6.48. The summed E-state index contributed by atoms with van der Waals surface area (Å²) in [7, 11) is 0. The summed E-state index contributed by atoms with van der Waals surface area (Å²) in [6.07, 6.45) is 10.8. The number of carboxylic acids is 1. The average molecular weight is 483 g/mol. The van der Waals surface area contributed by atoms with E-state index in [0.29, 0.717) is 11.3 Å². The standard InChI is InChI=1S/C29H30N4O3/c1-2-6-19-7-5-10-23(17-19)36-22-13-11-20(12-14-22)26-24(15-16-25(34)35)27(21-8-3-4-9-21)33-28(26)29(30)31-18-32-33/h5,7,10-18,21H,2-4,6,8-9H2,1H3,(H,34,35)(H2,30,31,32). The van der Waals surface area contributed by atoms with Gasteiger partial charge in [0.1, 0.15) is 23.3 Å². The van der Waals surface area contributed by atoms with Crippen molar-refractivity contribution in [3.63, 3.8) is 0 Å². The van der Waals surface area contributed by atoms with Crippen LogP contribution in [-0.2, 0) is 11.2 Å². The van der Waals surface area contributed by atoms with Crippen molar-refractivity contribution in [3.05, 3.63) is 77.8 Å². The Kier molecular flexibility index (Phi) is 6.71. The lowest BCUT2D eigenvalue weighted by Gasteiger charge is -2.11. The third kappa shape index (κ3) is 4.69. The van der Waals surface area contributed by atoms with E-state index in [4.69, 9.17) is 10.5 Å². The Bertz CT molecular complexity index is 1420. The molecule has 184 valence electrons. The number of nitrogen functional groups attached to an aromatic ring is 1. The van der Waals surface area contributed by atoms with Gasteiger partial charge in [-0.15, -0.1) is 0 Å². The van der Waals surface area contributed by atoms with E-state index in [9.17, 15) is 9.90 Å². The van der Waals surface area contributed by atoms with Crippen LogP contribution in [0.4, 0.5) is 5.82 Å². The van der Waals surface area contributed by atoms with Gasteiger partial charge >= 0.3 is 5.97 Å². The zero-order valence-electron chi connectivity index (χ0n) is 20.4. The number of nitrogens with two attached hydrogens (primary N) is 1. The smallest absolute Gasteiger partial charge is 0.328 e. The topological polar surface area (TPSA) is 103 Å². The molecule has 5 rings (SSSR count). The van der Waals surface area contributed by atoms with E-state index in [0.717, 1.165) is 72.4 Å². The van der Waals surface area contributed by atoms with Gasteiger partial charge in [-0.1, -0.05) is 50.5 Å². The molecule has 1 aliphatic rings. The number of anilines is 1. The maximum atomic E-state index is 11.5. The van der Waals surface area contributed by atoms with E-state index >= 15 is 0 Å². The minimum atomic E-state index is -0.998. The summed E-state index contributed by atoms with van der Waals surface area (Å²) in [5.74, 6) is 1.17. The maximum Gasteiger partial charge on any atom is 0.328 e. The fraction of sp³-hybridized carbons (Fsp3) is 0.276. The molecule has 0 aliphatic heterocycles. The minimum Gasteiger partial charge on any atom is -0.478 e. The van der Waals surface area contributed by atoms with Gasteiger partial charge in [-0.05, 0) is 60.7 Å². The number of aromatic nitrogens is 3. The fourth-order valence-corrected chi connectivity index (χ4v) is 5.24. The van der Waals surface area contributed by atoms with Gasteiger partial charge in [-0.25, -0.2) is 14.3 Å². The Morgan fingerprint density at radius 3 is 2.67 bits per heavy atom. The maximum absolute atomic E-state index is 11.5. The summed E-state index contributed by atoms with van der Waals surface area (Å²) in [6.45, 7) is 2.16. The Hall–Kier alpha value is -4.13. The van der Waals surface area contributed by atoms with Gasteiger partial charge in [-0.3, -0.25) is 0 Å². The number of aliphatic carboxylic acids is 1. The van der Waals surface area contributed by atoms with Crippen LogP contribution in [0.1, 0.15) is 61.8 Å². The second-order valence-corrected chi connectivity index (χ2v) is 9.26. The molecule has 7 nitrogen and oxygen atoms in total. The first-order chi connectivity index (χ1) is 17.5. The first-order valence-corrected chi connectivity index (χ1v) is 12.5. The van der Waals surface area contributed by atoms with E-state index in [1.54, 1.807) is 6.08 Å². The number of carbonyl (C=O) groups is 1. The van der Waals surface area contributed by atoms with Crippen LogP contribution in [-0.4, -0.2) is 25.7 Å². The fourth-order valence-electron chi connectivity index (χ4n) is 5.24. The van der Waals surface area contributed by atoms with Crippen molar-refractivity contribution in [2.75, 3.05) is 5.73 Å². The molecule has 7 heteroatoms. The van der Waals surface area contributed by atoms with E-state index in [2.05, 4.69) is 29.1 Å². The first-order valence-electron chi connectivity index (χ1n) is 12.5. The van der Waals surface area contributed by atoms with Crippen molar-refractivity contribution in [1.29, 1.82) is 0 Å². The van der Waals surface area contributed by atoms with Gasteiger partial charge in [0.2, 0.25) is 0 Å². The number of benzene rings is 2. The Labute approximate surface area is 210 Å². The minimum absolute atomic E-state index is 0.284. The van der Waals surface area contributed by atoms with E-state index < -0.39 is 5.97 Å². The Balaban J connectivity index is 1.59. The molecule has 2 heterocycles. The summed E-state index contributed by atoms with van der Waals surface area (Å²) >= 11 is 0. The molecule has 3 N–H and O–H groups in total. The van der Waals surface area contributed by atoms with Crippen molar-refractivity contribution >= 4 is 23.4 Å². The van der Waals surface area contributed by atoms with Gasteiger partial charge in [0, 0.05) is 23.1 Å². The van der Waals surface area contributed by atoms with E-state index in [-0.39, 0.29) is 5.92 Å². The lowest BCUT2D eigenvalue weighted by atomic mass is 9.94. The number of rotatable bonds is 8. The quantitative estimate of drug-likeness (QED) is 0.279. The average Bonchev–Trinajstić information content (AvgIpc) is 3.50. The van der Waals surface area contributed by atoms with Gasteiger partial charge in [0.05, 0.1) is 5.69 Å². The highest BCUT2D eigenvalue weighted by Gasteiger charge is 2.28. The van der Waals surface area contributed by atoms with Crippen LogP contribution in [0.3, 0.4) is 0 Å². The third-order valence-electron chi connectivity index (χ3n) is 6.78. The largest absolute Gasteiger partial charge is 0.478 e. The summed E-state index contributed by atoms with van der Waals surface area (Å²) in [5, 5.41) is 13.9. The summed E-state index contributed by atoms with van der Waals surface area (Å²) in [5.41, 5.74) is 11.9. The van der Waals surface area contributed by atoms with Gasteiger partial charge in [0.25, 0.3) is 0 Å². The summed E-state index contributed by atoms with van der Waals surface area (Å²) in [6, 6.07) is 15.9. The molecule has 36 heavy (non-hydrogen) atoms. The molecule has 0 bridgehead atoms. The SMILES string of the molecule is CCCc1cccc(Oc2ccc(-c3c(C=CC(=O)O)c(C4CCCC4)n4ncnc(N)c34)cc2)c1. The number of ether oxygens (including phenoxy) is 1. The van der Waals surface area contributed by atoms with Crippen LogP contribution in [0.2, 0.25) is 0 Å². The van der Waals surface area contributed by atoms with Crippen molar-refractivity contribution in [3.8, 4) is 22.6 Å². The van der Waals surface area contributed by atoms with Crippen LogP contribution in [0.5, 0.6) is 11.5 Å². The Morgan fingerprint density at radius 2 is 1.94 bits per heavy atom. The lowest BCUT2D eigenvalue weighted by Crippen LogP contribution is -2.05. The summed E-state index contributed by atoms with van der Waals surface area (Å²) < 4.78 is 7.98. The van der Waals surface area contributed by atoms with Crippen molar-refractivity contribution in [1.82, 2.24) is 14.6 Å². The zero-order chi connectivity index (χ0) is 25.1. The van der Waals surface area contributed by atoms with Crippen molar-refractivity contribution in [2.45, 2.75) is 51.4 Å². The Morgan fingerprint density at radius 1 is 1.17 bits per heavy atom. The molecule has 0 spiro atoms. The molecule has 1 saturated carbocycles. The number of carboxylic acid groups (broad SMARTS) is 1. The number of nitrogens with zero attached hydrogens (tertiary/aromatic N) is 3. The lowest BCUT2D eigenvalue weighted by molar-refractivity contribution is -0.131. The molecule has 2 aromatic carbocycles. The molecule has 0 atom stereocenters. The monoisotopic (exact) mass is 482 g/mol. The highest BCUT2D eigenvalue weighted by molar-refractivity contribution is 5.97. The van der Waals surface area contributed by atoms with Gasteiger partial charge in [0.15, 0.2) is 5.82 Å². The number of hydrogen-bond donors (Lipinski definition) is 2. The third-order valence-corrected chi connectivity index (χ3v) is 6.78. The van der Waals surface area contributed by atoms with E-state index in [1.165, 1.54) is 18.0 Å². The van der Waals surface area contributed by atoms with Crippen LogP contribution in [0, 0.1) is 0 Å². The van der Waals surface area contributed by atoms with Gasteiger partial charge < -0.3 is 15.6 Å². The molecule has 4 aromatic rings. The molecule has 0 unspecified atom stereocenters. The van der Waals surface area contributed by atoms with Crippen LogP contribution in [0.25, 0.3) is 22.7 Å². The predicted molar refractivity (Wildman–Crippen MR) is 141 cm³/mol. The van der Waals surface area contributed by atoms with Crippen LogP contribution in [0.15, 0.2) is 60.9 Å². The molecular formula is C29H30N4O3. The second kappa shape index (κ2) is 10.2. The number of aryl methyl sites for hydroxylation is 1. The van der Waals surface area contributed by atoms with Crippen molar-refractivity contribution in [2.24, 2.45) is 0 Å². The number of hydrogen-bond acceptors (Lipinski definition) is 5. The number of fused-ring (bicyclic) bond motifs is 1.